The number of nitrogens with zero attached hydrogens (tertiary/aromatic N) is 7. The molecule has 3 rings (SSSR count). The van der Waals surface area contributed by atoms with Gasteiger partial charge in [0.15, 0.2) is 0 Å². The minimum absolute atomic E-state index is 0.0159. The van der Waals surface area contributed by atoms with Crippen LogP contribution in [0, 0.1) is 23.7 Å². The normalized spacial score (nSPS) is 26.0. The van der Waals surface area contributed by atoms with Gasteiger partial charge < -0.3 is 55.6 Å². The standard InChI is InChI=1S/C63H101ClF3N11O11/c1-19-38(6)53-60(88)73(13)34-51(80)72(12)35-52(81)77(17)49(33-42-23-21-20-22-24-42)59(87)76(16)41(9)54(82)68-46(28-26-43-25-27-44(45(64)32-43)63(65,66)67)56(84)69-48(30-37(4)5)58(86)78(18)62(10,11)61(89)70-47(29-36(2)3)57(85)74(14)39(7)31-50(79)75(15)40(8)55(83)71-53/h25,27,32,36-42,46-49,53H,19-24,26,28-31,33-35H2,1-18H3,(H,68,82)(H,69,84)(H,70,89)(H,71,83)/t38-,39+,40-,41+,46-,47+,48-,49-,53-/m0/s1. The van der Waals surface area contributed by atoms with Crippen LogP contribution in [0.2, 0.25) is 5.02 Å². The number of carbonyl (C=O) groups is 11. The number of alkyl halides is 3. The molecule has 22 nitrogen and oxygen atoms in total. The van der Waals surface area contributed by atoms with Crippen molar-refractivity contribution in [2.24, 2.45) is 23.7 Å². The average molecular weight is 1280 g/mol. The molecule has 2 fully saturated rings. The zero-order valence-corrected chi connectivity index (χ0v) is 56.4. The van der Waals surface area contributed by atoms with E-state index in [0.717, 1.165) is 63.8 Å². The summed E-state index contributed by atoms with van der Waals surface area (Å²) in [5, 5.41) is 10.5. The van der Waals surface area contributed by atoms with Crippen LogP contribution in [0.15, 0.2) is 18.2 Å². The molecule has 1 saturated heterocycles. The Labute approximate surface area is 529 Å². The van der Waals surface area contributed by atoms with E-state index in [1.807, 2.05) is 20.8 Å². The van der Waals surface area contributed by atoms with Gasteiger partial charge in [-0.05, 0) is 108 Å². The molecule has 9 atom stereocenters. The zero-order chi connectivity index (χ0) is 67.9. The first kappa shape index (κ1) is 76.7. The lowest BCUT2D eigenvalue weighted by Crippen LogP contribution is -2.63. The maximum absolute atomic E-state index is 14.9. The third-order valence-corrected chi connectivity index (χ3v) is 18.3. The molecular formula is C63H101ClF3N11O11. The molecule has 0 spiro atoms. The second-order valence-electron chi connectivity index (χ2n) is 26.1. The summed E-state index contributed by atoms with van der Waals surface area (Å²) < 4.78 is 41.3. The molecule has 1 aromatic carbocycles. The van der Waals surface area contributed by atoms with E-state index in [1.54, 1.807) is 27.7 Å². The van der Waals surface area contributed by atoms with Gasteiger partial charge in [-0.15, -0.1) is 0 Å². The molecule has 0 bridgehead atoms. The quantitative estimate of drug-likeness (QED) is 0.222. The van der Waals surface area contributed by atoms with Gasteiger partial charge in [0.05, 0.1) is 23.7 Å². The Bertz CT molecular complexity index is 2690. The van der Waals surface area contributed by atoms with Crippen molar-refractivity contribution >= 4 is 76.6 Å². The SMILES string of the molecule is CC[C@H](C)[C@@H]1NC(=O)[C@H](C)N(C)C(=O)C[C@@H](C)N(C)C(=O)[C@@H](CC(C)C)NC(=O)C(C)(C)N(C)C(=O)[C@H](CC(C)C)NC(=O)[C@H](CCc2ccc(C(F)(F)F)c(Cl)c2)NC(=O)[C@@H](C)N(C)C(=O)[C@H](CC2CCCCC2)N(C)C(=O)CN(C)C(=O)CN(C)C1=O. The molecule has 1 heterocycles. The lowest BCUT2D eigenvalue weighted by Gasteiger charge is -2.39. The maximum atomic E-state index is 14.9. The van der Waals surface area contributed by atoms with Gasteiger partial charge >= 0.3 is 6.18 Å². The summed E-state index contributed by atoms with van der Waals surface area (Å²) in [7, 11) is 9.81. The molecule has 11 amide bonds. The van der Waals surface area contributed by atoms with E-state index >= 15 is 0 Å². The molecule has 1 aromatic rings. The number of likely N-dealkylation sites (N-methyl/N-ethyl adjacent to an activating group) is 7. The molecule has 1 aliphatic carbocycles. The number of aryl methyl sites for hydroxylation is 1. The summed E-state index contributed by atoms with van der Waals surface area (Å²) in [5.41, 5.74) is -2.50. The van der Waals surface area contributed by atoms with Gasteiger partial charge in [0.1, 0.15) is 47.8 Å². The highest BCUT2D eigenvalue weighted by Gasteiger charge is 2.43. The van der Waals surface area contributed by atoms with E-state index in [-0.39, 0.29) is 61.8 Å². The second kappa shape index (κ2) is 33.5. The van der Waals surface area contributed by atoms with E-state index in [9.17, 15) is 65.9 Å². The molecule has 4 N–H and O–H groups in total. The smallest absolute Gasteiger partial charge is 0.343 e. The number of hydrogen-bond donors (Lipinski definition) is 4. The van der Waals surface area contributed by atoms with Crippen LogP contribution < -0.4 is 21.3 Å². The second-order valence-corrected chi connectivity index (χ2v) is 26.5. The number of benzene rings is 1. The highest BCUT2D eigenvalue weighted by molar-refractivity contribution is 6.31. The van der Waals surface area contributed by atoms with Gasteiger partial charge in [0.2, 0.25) is 65.0 Å². The Hall–Kier alpha value is -6.53. The topological polar surface area (TPSA) is 259 Å². The van der Waals surface area contributed by atoms with Gasteiger partial charge in [-0.3, -0.25) is 52.7 Å². The van der Waals surface area contributed by atoms with Crippen molar-refractivity contribution in [1.82, 2.24) is 55.6 Å². The van der Waals surface area contributed by atoms with Crippen molar-refractivity contribution < 1.29 is 65.9 Å². The highest BCUT2D eigenvalue weighted by atomic mass is 35.5. The summed E-state index contributed by atoms with van der Waals surface area (Å²) >= 11 is 6.10. The molecule has 2 aliphatic rings. The van der Waals surface area contributed by atoms with Crippen molar-refractivity contribution in [3.05, 3.63) is 34.3 Å². The van der Waals surface area contributed by atoms with E-state index in [1.165, 1.54) is 97.8 Å². The summed E-state index contributed by atoms with van der Waals surface area (Å²) in [6, 6.07) is -6.36. The molecule has 89 heavy (non-hydrogen) atoms. The van der Waals surface area contributed by atoms with E-state index in [0.29, 0.717) is 6.42 Å². The number of rotatable bonds is 11. The Morgan fingerprint density at radius 3 is 1.67 bits per heavy atom. The van der Waals surface area contributed by atoms with Gasteiger partial charge in [-0.1, -0.05) is 97.7 Å². The number of nitrogens with one attached hydrogen (secondary N) is 4. The predicted octanol–water partition coefficient (Wildman–Crippen LogP) is 5.26. The number of carbonyl (C=O) groups excluding carboxylic acids is 11. The summed E-state index contributed by atoms with van der Waals surface area (Å²) in [5.74, 6) is -8.24. The van der Waals surface area contributed by atoms with Gasteiger partial charge in [-0.2, -0.15) is 13.2 Å². The zero-order valence-electron chi connectivity index (χ0n) is 55.7. The van der Waals surface area contributed by atoms with Crippen molar-refractivity contribution in [1.29, 1.82) is 0 Å². The minimum atomic E-state index is -4.76. The molecule has 502 valence electrons. The van der Waals surface area contributed by atoms with Crippen LogP contribution in [0.3, 0.4) is 0 Å². The number of amides is 11. The summed E-state index contributed by atoms with van der Waals surface area (Å²) in [4.78, 5) is 166. The van der Waals surface area contributed by atoms with Gasteiger partial charge in [-0.25, -0.2) is 0 Å². The van der Waals surface area contributed by atoms with Crippen molar-refractivity contribution in [3.63, 3.8) is 0 Å². The highest BCUT2D eigenvalue weighted by Crippen LogP contribution is 2.35. The lowest BCUT2D eigenvalue weighted by atomic mass is 9.84. The largest absolute Gasteiger partial charge is 0.417 e. The van der Waals surface area contributed by atoms with E-state index in [4.69, 9.17) is 11.6 Å². The fraction of sp³-hybridized carbons (Fsp3) is 0.730. The molecule has 1 saturated carbocycles. The van der Waals surface area contributed by atoms with Crippen LogP contribution in [-0.4, -0.2) is 216 Å². The number of halogens is 4. The van der Waals surface area contributed by atoms with Crippen molar-refractivity contribution in [2.75, 3.05) is 62.4 Å². The van der Waals surface area contributed by atoms with Gasteiger partial charge in [0, 0.05) is 61.8 Å². The van der Waals surface area contributed by atoms with E-state index < -0.39 is 155 Å². The first-order valence-electron chi connectivity index (χ1n) is 31.1. The van der Waals surface area contributed by atoms with Gasteiger partial charge in [0.25, 0.3) is 0 Å². The molecule has 0 aromatic heterocycles. The Morgan fingerprint density at radius 1 is 0.607 bits per heavy atom. The van der Waals surface area contributed by atoms with Crippen LogP contribution in [0.1, 0.15) is 158 Å². The van der Waals surface area contributed by atoms with Crippen LogP contribution in [-0.2, 0) is 65.3 Å². The molecular weight excluding hydrogens is 1180 g/mol. The first-order chi connectivity index (χ1) is 41.2. The summed E-state index contributed by atoms with van der Waals surface area (Å²) in [6.07, 6.45) is -0.216. The molecule has 0 radical (unpaired) electrons. The average Bonchev–Trinajstić information content (AvgIpc) is 1.49. The molecule has 0 unspecified atom stereocenters. The Balaban J connectivity index is 2.21. The minimum Gasteiger partial charge on any atom is -0.343 e. The monoisotopic (exact) mass is 1280 g/mol. The lowest BCUT2D eigenvalue weighted by molar-refractivity contribution is -0.150. The first-order valence-corrected chi connectivity index (χ1v) is 31.4. The third kappa shape index (κ3) is 21.3. The fourth-order valence-electron chi connectivity index (χ4n) is 10.8. The number of hydrogen-bond acceptors (Lipinski definition) is 11. The molecule has 1 aliphatic heterocycles. The van der Waals surface area contributed by atoms with Crippen LogP contribution in [0.4, 0.5) is 13.2 Å². The Morgan fingerprint density at radius 2 is 1.13 bits per heavy atom. The van der Waals surface area contributed by atoms with Crippen LogP contribution in [0.25, 0.3) is 0 Å². The van der Waals surface area contributed by atoms with E-state index in [2.05, 4.69) is 21.3 Å². The fourth-order valence-corrected chi connectivity index (χ4v) is 11.1. The van der Waals surface area contributed by atoms with Crippen molar-refractivity contribution in [3.8, 4) is 0 Å². The van der Waals surface area contributed by atoms with Crippen LogP contribution in [0.5, 0.6) is 0 Å². The van der Waals surface area contributed by atoms with Crippen molar-refractivity contribution in [2.45, 2.75) is 213 Å². The third-order valence-electron chi connectivity index (χ3n) is 17.9. The molecule has 26 heteroatoms. The maximum Gasteiger partial charge on any atom is 0.417 e. The van der Waals surface area contributed by atoms with Crippen LogP contribution >= 0.6 is 11.6 Å². The Kier molecular flexibility index (Phi) is 28.9. The predicted molar refractivity (Wildman–Crippen MR) is 332 cm³/mol. The summed E-state index contributed by atoms with van der Waals surface area (Å²) in [6.45, 7) is 17.3.